The summed E-state index contributed by atoms with van der Waals surface area (Å²) in [5.41, 5.74) is -1.19. The van der Waals surface area contributed by atoms with Gasteiger partial charge in [-0.3, -0.25) is 14.5 Å². The summed E-state index contributed by atoms with van der Waals surface area (Å²) in [5.74, 6) is -3.82. The summed E-state index contributed by atoms with van der Waals surface area (Å²) in [6, 6.07) is 3.93. The van der Waals surface area contributed by atoms with Crippen molar-refractivity contribution in [1.29, 1.82) is 0 Å². The minimum atomic E-state index is -1.59. The Kier molecular flexibility index (Phi) is 4.86. The smallest absolute Gasteiger partial charge is 0.240 e. The number of rotatable bonds is 6. The third-order valence-electron chi connectivity index (χ3n) is 5.77. The van der Waals surface area contributed by atoms with Crippen LogP contribution in [0.1, 0.15) is 38.3 Å². The molecule has 3 N–H and O–H groups in total. The highest BCUT2D eigenvalue weighted by atomic mass is 16.5. The van der Waals surface area contributed by atoms with Crippen molar-refractivity contribution in [1.82, 2.24) is 4.90 Å². The van der Waals surface area contributed by atoms with Gasteiger partial charge < -0.3 is 25.1 Å². The minimum Gasteiger partial charge on any atom is -0.544 e. The monoisotopic (exact) mass is 376 g/mol. The van der Waals surface area contributed by atoms with Crippen LogP contribution in [0.2, 0.25) is 0 Å². The number of quaternary nitrogens is 1. The number of carboxylic acids is 1. The number of aromatic hydroxyl groups is 1. The molecular formula is C19H24N2O6. The SMILES string of the molecule is CCCCN1C(=O)[C@@H]2[C@@H](C1=O)[C@](C)(C(=O)[O-])[NH2+][C@H]2c1ccc(OC)cc1O. The van der Waals surface area contributed by atoms with Gasteiger partial charge >= 0.3 is 0 Å². The first-order valence-electron chi connectivity index (χ1n) is 9.05. The quantitative estimate of drug-likeness (QED) is 0.609. The molecule has 0 aromatic heterocycles. The maximum atomic E-state index is 13.0. The number of aliphatic carboxylic acids is 1. The van der Waals surface area contributed by atoms with E-state index in [1.54, 1.807) is 12.1 Å². The van der Waals surface area contributed by atoms with Crippen molar-refractivity contribution >= 4 is 17.8 Å². The first kappa shape index (κ1) is 19.2. The van der Waals surface area contributed by atoms with Crippen molar-refractivity contribution in [2.75, 3.05) is 13.7 Å². The number of hydrogen-bond acceptors (Lipinski definition) is 6. The number of likely N-dealkylation sites (tertiary alicyclic amines) is 1. The first-order valence-corrected chi connectivity index (χ1v) is 9.05. The predicted octanol–water partition coefficient (Wildman–Crippen LogP) is -1.07. The fourth-order valence-electron chi connectivity index (χ4n) is 4.27. The lowest BCUT2D eigenvalue weighted by Crippen LogP contribution is -2.98. The molecule has 0 spiro atoms. The highest BCUT2D eigenvalue weighted by molar-refractivity contribution is 6.08. The van der Waals surface area contributed by atoms with E-state index in [0.29, 0.717) is 17.7 Å². The van der Waals surface area contributed by atoms with Crippen molar-refractivity contribution in [2.45, 2.75) is 38.3 Å². The molecule has 2 amide bonds. The Bertz CT molecular complexity index is 794. The average Bonchev–Trinajstić information content (AvgIpc) is 3.08. The lowest BCUT2D eigenvalue weighted by Gasteiger charge is -2.29. The number of carbonyl (C=O) groups is 3. The molecule has 0 aliphatic carbocycles. The van der Waals surface area contributed by atoms with E-state index < -0.39 is 35.3 Å². The number of imide groups is 1. The molecule has 8 heteroatoms. The normalized spacial score (nSPS) is 29.9. The van der Waals surface area contributed by atoms with Gasteiger partial charge in [-0.25, -0.2) is 0 Å². The molecule has 146 valence electrons. The van der Waals surface area contributed by atoms with Crippen LogP contribution in [0.3, 0.4) is 0 Å². The van der Waals surface area contributed by atoms with E-state index in [1.807, 2.05) is 6.92 Å². The Hall–Kier alpha value is -2.61. The van der Waals surface area contributed by atoms with E-state index in [9.17, 15) is 24.6 Å². The van der Waals surface area contributed by atoms with E-state index in [1.165, 1.54) is 30.3 Å². The van der Waals surface area contributed by atoms with Gasteiger partial charge in [-0.1, -0.05) is 13.3 Å². The lowest BCUT2D eigenvalue weighted by molar-refractivity contribution is -0.735. The van der Waals surface area contributed by atoms with Gasteiger partial charge in [0.05, 0.1) is 12.7 Å². The molecule has 0 unspecified atom stereocenters. The van der Waals surface area contributed by atoms with Crippen LogP contribution >= 0.6 is 0 Å². The number of nitrogens with two attached hydrogens (primary N) is 1. The van der Waals surface area contributed by atoms with Crippen molar-refractivity contribution in [2.24, 2.45) is 11.8 Å². The molecular weight excluding hydrogens is 352 g/mol. The van der Waals surface area contributed by atoms with Gasteiger partial charge in [0.15, 0.2) is 0 Å². The van der Waals surface area contributed by atoms with Crippen LogP contribution in [0.5, 0.6) is 11.5 Å². The van der Waals surface area contributed by atoms with Crippen molar-refractivity contribution in [3.8, 4) is 11.5 Å². The molecule has 2 fully saturated rings. The molecule has 27 heavy (non-hydrogen) atoms. The van der Waals surface area contributed by atoms with Crippen molar-refractivity contribution in [3.63, 3.8) is 0 Å². The zero-order valence-corrected chi connectivity index (χ0v) is 15.6. The van der Waals surface area contributed by atoms with E-state index >= 15 is 0 Å². The molecule has 4 atom stereocenters. The van der Waals surface area contributed by atoms with Crippen LogP contribution in [0.25, 0.3) is 0 Å². The van der Waals surface area contributed by atoms with Gasteiger partial charge in [0.25, 0.3) is 0 Å². The van der Waals surface area contributed by atoms with Crippen LogP contribution in [0, 0.1) is 11.8 Å². The van der Waals surface area contributed by atoms with E-state index in [4.69, 9.17) is 4.74 Å². The molecule has 2 saturated heterocycles. The maximum absolute atomic E-state index is 13.0. The predicted molar refractivity (Wildman–Crippen MR) is 91.3 cm³/mol. The molecule has 2 heterocycles. The van der Waals surface area contributed by atoms with Gasteiger partial charge in [-0.2, -0.15) is 0 Å². The zero-order valence-electron chi connectivity index (χ0n) is 15.6. The lowest BCUT2D eigenvalue weighted by atomic mass is 9.80. The number of benzene rings is 1. The number of amides is 2. The summed E-state index contributed by atoms with van der Waals surface area (Å²) in [4.78, 5) is 39.0. The molecule has 0 saturated carbocycles. The molecule has 0 radical (unpaired) electrons. The Morgan fingerprint density at radius 2 is 2.07 bits per heavy atom. The Morgan fingerprint density at radius 1 is 1.37 bits per heavy atom. The maximum Gasteiger partial charge on any atom is 0.240 e. The molecule has 3 rings (SSSR count). The molecule has 2 aliphatic rings. The van der Waals surface area contributed by atoms with Crippen molar-refractivity contribution < 1.29 is 34.7 Å². The van der Waals surface area contributed by atoms with Crippen LogP contribution in [0.4, 0.5) is 0 Å². The summed E-state index contributed by atoms with van der Waals surface area (Å²) in [6.07, 6.45) is 1.46. The average molecular weight is 376 g/mol. The zero-order chi connectivity index (χ0) is 19.9. The topological polar surface area (TPSA) is 124 Å². The summed E-state index contributed by atoms with van der Waals surface area (Å²) in [5, 5.41) is 23.8. The Morgan fingerprint density at radius 3 is 2.63 bits per heavy atom. The van der Waals surface area contributed by atoms with Gasteiger partial charge in [0.2, 0.25) is 11.8 Å². The van der Waals surface area contributed by atoms with Gasteiger partial charge in [-0.05, 0) is 25.5 Å². The number of fused-ring (bicyclic) bond motifs is 1. The number of carboxylic acid groups (broad SMARTS) is 1. The van der Waals surface area contributed by atoms with E-state index in [2.05, 4.69) is 0 Å². The summed E-state index contributed by atoms with van der Waals surface area (Å²) >= 11 is 0. The van der Waals surface area contributed by atoms with Crippen LogP contribution < -0.4 is 15.2 Å². The molecule has 1 aromatic carbocycles. The molecule has 0 bridgehead atoms. The number of hydrogen-bond donors (Lipinski definition) is 2. The number of carbonyl (C=O) groups excluding carboxylic acids is 3. The van der Waals surface area contributed by atoms with Gasteiger partial charge in [0.1, 0.15) is 40.9 Å². The number of methoxy groups -OCH3 is 1. The largest absolute Gasteiger partial charge is 0.544 e. The third-order valence-corrected chi connectivity index (χ3v) is 5.77. The number of phenolic OH excluding ortho intramolecular Hbond substituents is 1. The molecule has 2 aliphatic heterocycles. The highest BCUT2D eigenvalue weighted by Gasteiger charge is 2.68. The number of nitrogens with zero attached hydrogens (tertiary/aromatic N) is 1. The Balaban J connectivity index is 2.05. The van der Waals surface area contributed by atoms with Crippen molar-refractivity contribution in [3.05, 3.63) is 23.8 Å². The number of ether oxygens (including phenoxy) is 1. The second-order valence-corrected chi connectivity index (χ2v) is 7.37. The summed E-state index contributed by atoms with van der Waals surface area (Å²) < 4.78 is 5.07. The fourth-order valence-corrected chi connectivity index (χ4v) is 4.27. The standard InChI is InChI=1S/C19H24N2O6/c1-4-5-8-21-16(23)13-14(17(21)24)19(2,18(25)26)20-15(13)11-7-6-10(27-3)9-12(11)22/h6-7,9,13-15,20,22H,4-5,8H2,1-3H3,(H,25,26)/t13-,14+,15+,19-/m1/s1. The van der Waals surface area contributed by atoms with Crippen LogP contribution in [-0.4, -0.2) is 47.0 Å². The summed E-state index contributed by atoms with van der Waals surface area (Å²) in [7, 11) is 1.46. The fraction of sp³-hybridized carbons (Fsp3) is 0.526. The number of phenols is 1. The van der Waals surface area contributed by atoms with Gasteiger partial charge in [0, 0.05) is 12.6 Å². The minimum absolute atomic E-state index is 0.107. The summed E-state index contributed by atoms with van der Waals surface area (Å²) in [6.45, 7) is 3.63. The highest BCUT2D eigenvalue weighted by Crippen LogP contribution is 2.45. The van der Waals surface area contributed by atoms with E-state index in [0.717, 1.165) is 6.42 Å². The first-order chi connectivity index (χ1) is 12.8. The van der Waals surface area contributed by atoms with Crippen LogP contribution in [-0.2, 0) is 14.4 Å². The van der Waals surface area contributed by atoms with Crippen LogP contribution in [0.15, 0.2) is 18.2 Å². The van der Waals surface area contributed by atoms with E-state index in [-0.39, 0.29) is 18.2 Å². The molecule has 8 nitrogen and oxygen atoms in total. The second kappa shape index (κ2) is 6.84. The second-order valence-electron chi connectivity index (χ2n) is 7.37. The third kappa shape index (κ3) is 2.84. The number of unbranched alkanes of at least 4 members (excludes halogenated alkanes) is 1. The Labute approximate surface area is 157 Å². The molecule has 1 aromatic rings. The van der Waals surface area contributed by atoms with Gasteiger partial charge in [-0.15, -0.1) is 0 Å².